The Hall–Kier alpha value is -0.910. The summed E-state index contributed by atoms with van der Waals surface area (Å²) in [5, 5.41) is 3.87. The molecule has 0 radical (unpaired) electrons. The average Bonchev–Trinajstić information content (AvgIpc) is 2.84. The molecule has 0 amide bonds. The maximum atomic E-state index is 5.75. The third kappa shape index (κ3) is 2.58. The van der Waals surface area contributed by atoms with Crippen molar-refractivity contribution in [1.82, 2.24) is 9.97 Å². The van der Waals surface area contributed by atoms with Gasteiger partial charge in [0.15, 0.2) is 5.79 Å². The quantitative estimate of drug-likeness (QED) is 0.892. The summed E-state index contributed by atoms with van der Waals surface area (Å²) in [6, 6.07) is 0.379. The SMILES string of the molecule is Clc1cnc(NC2CCC3(CC2)OCCO3)nc1. The summed E-state index contributed by atoms with van der Waals surface area (Å²) in [5.41, 5.74) is 0. The van der Waals surface area contributed by atoms with Gasteiger partial charge in [-0.2, -0.15) is 0 Å². The molecule has 1 N–H and O–H groups in total. The number of nitrogens with one attached hydrogen (secondary N) is 1. The van der Waals surface area contributed by atoms with E-state index in [0.29, 0.717) is 17.0 Å². The Labute approximate surface area is 111 Å². The topological polar surface area (TPSA) is 56.3 Å². The van der Waals surface area contributed by atoms with Gasteiger partial charge in [0, 0.05) is 18.9 Å². The average molecular weight is 270 g/mol. The van der Waals surface area contributed by atoms with Crippen LogP contribution in [0.5, 0.6) is 0 Å². The maximum absolute atomic E-state index is 5.75. The summed E-state index contributed by atoms with van der Waals surface area (Å²) in [5.74, 6) is 0.326. The molecule has 2 heterocycles. The van der Waals surface area contributed by atoms with Gasteiger partial charge in [0.05, 0.1) is 30.6 Å². The van der Waals surface area contributed by atoms with Crippen molar-refractivity contribution in [2.45, 2.75) is 37.5 Å². The predicted molar refractivity (Wildman–Crippen MR) is 67.6 cm³/mol. The minimum atomic E-state index is -0.307. The molecule has 98 valence electrons. The van der Waals surface area contributed by atoms with Gasteiger partial charge in [0.25, 0.3) is 0 Å². The smallest absolute Gasteiger partial charge is 0.222 e. The van der Waals surface area contributed by atoms with Crippen molar-refractivity contribution < 1.29 is 9.47 Å². The molecule has 6 heteroatoms. The molecule has 0 bridgehead atoms. The first kappa shape index (κ1) is 12.1. The van der Waals surface area contributed by atoms with Gasteiger partial charge in [0.2, 0.25) is 5.95 Å². The van der Waals surface area contributed by atoms with Crippen molar-refractivity contribution in [1.29, 1.82) is 0 Å². The highest BCUT2D eigenvalue weighted by atomic mass is 35.5. The van der Waals surface area contributed by atoms with Crippen LogP contribution in [-0.4, -0.2) is 35.0 Å². The Morgan fingerprint density at radius 3 is 2.39 bits per heavy atom. The zero-order valence-electron chi connectivity index (χ0n) is 10.1. The first-order chi connectivity index (χ1) is 8.76. The number of aromatic nitrogens is 2. The van der Waals surface area contributed by atoms with Gasteiger partial charge in [-0.1, -0.05) is 11.6 Å². The summed E-state index contributed by atoms with van der Waals surface area (Å²) in [7, 11) is 0. The minimum absolute atomic E-state index is 0.307. The Morgan fingerprint density at radius 1 is 1.17 bits per heavy atom. The number of anilines is 1. The van der Waals surface area contributed by atoms with Gasteiger partial charge in [-0.15, -0.1) is 0 Å². The summed E-state index contributed by atoms with van der Waals surface area (Å²) < 4.78 is 11.4. The molecule has 0 unspecified atom stereocenters. The molecule has 1 aromatic heterocycles. The van der Waals surface area contributed by atoms with E-state index in [1.54, 1.807) is 12.4 Å². The van der Waals surface area contributed by atoms with Gasteiger partial charge in [-0.05, 0) is 12.8 Å². The van der Waals surface area contributed by atoms with E-state index in [1.807, 2.05) is 0 Å². The van der Waals surface area contributed by atoms with E-state index in [9.17, 15) is 0 Å². The number of nitrogens with zero attached hydrogens (tertiary/aromatic N) is 2. The first-order valence-corrected chi connectivity index (χ1v) is 6.66. The summed E-state index contributed by atoms with van der Waals surface area (Å²) in [4.78, 5) is 8.29. The van der Waals surface area contributed by atoms with Crippen molar-refractivity contribution in [3.05, 3.63) is 17.4 Å². The number of ether oxygens (including phenoxy) is 2. The molecule has 1 saturated carbocycles. The molecule has 1 aromatic rings. The highest BCUT2D eigenvalue weighted by Crippen LogP contribution is 2.36. The number of halogens is 1. The molecule has 2 aliphatic rings. The van der Waals surface area contributed by atoms with Crippen LogP contribution in [0.25, 0.3) is 0 Å². The number of hydrogen-bond donors (Lipinski definition) is 1. The fourth-order valence-electron chi connectivity index (χ4n) is 2.56. The van der Waals surface area contributed by atoms with Gasteiger partial charge >= 0.3 is 0 Å². The highest BCUT2D eigenvalue weighted by molar-refractivity contribution is 6.30. The van der Waals surface area contributed by atoms with E-state index >= 15 is 0 Å². The van der Waals surface area contributed by atoms with Crippen molar-refractivity contribution in [3.8, 4) is 0 Å². The molecule has 18 heavy (non-hydrogen) atoms. The van der Waals surface area contributed by atoms with E-state index in [1.165, 1.54) is 0 Å². The predicted octanol–water partition coefficient (Wildman–Crippen LogP) is 2.23. The monoisotopic (exact) mass is 269 g/mol. The van der Waals surface area contributed by atoms with Gasteiger partial charge in [0.1, 0.15) is 0 Å². The van der Waals surface area contributed by atoms with Gasteiger partial charge < -0.3 is 14.8 Å². The van der Waals surface area contributed by atoms with Crippen molar-refractivity contribution >= 4 is 17.5 Å². The van der Waals surface area contributed by atoms with Crippen LogP contribution in [0.1, 0.15) is 25.7 Å². The van der Waals surface area contributed by atoms with Gasteiger partial charge in [-0.3, -0.25) is 0 Å². The molecule has 3 rings (SSSR count). The third-order valence-electron chi connectivity index (χ3n) is 3.51. The molecular formula is C12H16ClN3O2. The summed E-state index contributed by atoms with van der Waals surface area (Å²) in [6.07, 6.45) is 7.07. The lowest BCUT2D eigenvalue weighted by Gasteiger charge is -2.35. The zero-order valence-corrected chi connectivity index (χ0v) is 10.8. The Morgan fingerprint density at radius 2 is 1.78 bits per heavy atom. The highest BCUT2D eigenvalue weighted by Gasteiger charge is 2.40. The Balaban J connectivity index is 1.55. The second kappa shape index (κ2) is 4.99. The van der Waals surface area contributed by atoms with Crippen LogP contribution in [0.2, 0.25) is 5.02 Å². The van der Waals surface area contributed by atoms with E-state index in [-0.39, 0.29) is 5.79 Å². The molecule has 1 saturated heterocycles. The van der Waals surface area contributed by atoms with Crippen LogP contribution in [0, 0.1) is 0 Å². The van der Waals surface area contributed by atoms with Crippen molar-refractivity contribution in [2.24, 2.45) is 0 Å². The number of rotatable bonds is 2. The maximum Gasteiger partial charge on any atom is 0.222 e. The van der Waals surface area contributed by atoms with E-state index in [4.69, 9.17) is 21.1 Å². The van der Waals surface area contributed by atoms with Crippen LogP contribution in [0.15, 0.2) is 12.4 Å². The van der Waals surface area contributed by atoms with Crippen molar-refractivity contribution in [3.63, 3.8) is 0 Å². The lowest BCUT2D eigenvalue weighted by atomic mass is 9.90. The molecule has 1 aliphatic heterocycles. The van der Waals surface area contributed by atoms with Crippen LogP contribution in [0.4, 0.5) is 5.95 Å². The standard InChI is InChI=1S/C12H16ClN3O2/c13-9-7-14-11(15-8-9)16-10-1-3-12(4-2-10)17-5-6-18-12/h7-8,10H,1-6H2,(H,14,15,16). The second-order valence-electron chi connectivity index (χ2n) is 4.75. The van der Waals surface area contributed by atoms with E-state index in [0.717, 1.165) is 38.9 Å². The van der Waals surface area contributed by atoms with Crippen LogP contribution >= 0.6 is 11.6 Å². The Bertz CT molecular complexity index is 396. The largest absolute Gasteiger partial charge is 0.351 e. The van der Waals surface area contributed by atoms with Crippen LogP contribution in [-0.2, 0) is 9.47 Å². The Kier molecular flexibility index (Phi) is 3.37. The molecule has 1 aliphatic carbocycles. The molecular weight excluding hydrogens is 254 g/mol. The molecule has 2 fully saturated rings. The second-order valence-corrected chi connectivity index (χ2v) is 5.19. The van der Waals surface area contributed by atoms with Crippen molar-refractivity contribution in [2.75, 3.05) is 18.5 Å². The summed E-state index contributed by atoms with van der Waals surface area (Å²) in [6.45, 7) is 1.44. The minimum Gasteiger partial charge on any atom is -0.351 e. The van der Waals surface area contributed by atoms with Crippen LogP contribution in [0.3, 0.4) is 0 Å². The third-order valence-corrected chi connectivity index (χ3v) is 3.71. The first-order valence-electron chi connectivity index (χ1n) is 6.28. The molecule has 0 aromatic carbocycles. The lowest BCUT2D eigenvalue weighted by Crippen LogP contribution is -2.39. The van der Waals surface area contributed by atoms with E-state index < -0.39 is 0 Å². The lowest BCUT2D eigenvalue weighted by molar-refractivity contribution is -0.177. The van der Waals surface area contributed by atoms with E-state index in [2.05, 4.69) is 15.3 Å². The normalized spacial score (nSPS) is 23.4. The van der Waals surface area contributed by atoms with Crippen LogP contribution < -0.4 is 5.32 Å². The fourth-order valence-corrected chi connectivity index (χ4v) is 2.65. The molecule has 0 atom stereocenters. The zero-order chi connectivity index (χ0) is 12.4. The summed E-state index contributed by atoms with van der Waals surface area (Å²) >= 11 is 5.75. The molecule has 5 nitrogen and oxygen atoms in total. The fraction of sp³-hybridized carbons (Fsp3) is 0.667. The number of hydrogen-bond acceptors (Lipinski definition) is 5. The van der Waals surface area contributed by atoms with Gasteiger partial charge in [-0.25, -0.2) is 9.97 Å². The molecule has 1 spiro atoms.